The number of rotatable bonds is 7. The lowest BCUT2D eigenvalue weighted by Crippen LogP contribution is -2.43. The first-order valence-corrected chi connectivity index (χ1v) is 10.7. The zero-order valence-electron chi connectivity index (χ0n) is 14.0. The standard InChI is InChI=1S/C15H19BrN4O3S2/c1-4-12(13(21)17-15-19-18-14(24-15)9(2)3)20-25(22,23)11-7-5-10(16)6-8-11/h5-9,12,20H,4H2,1-3H3,(H,17,19,21). The average Bonchev–Trinajstić information content (AvgIpc) is 3.01. The molecule has 2 N–H and O–H groups in total. The van der Waals surface area contributed by atoms with E-state index in [0.29, 0.717) is 11.6 Å². The van der Waals surface area contributed by atoms with Gasteiger partial charge in [-0.15, -0.1) is 10.2 Å². The molecule has 1 unspecified atom stereocenters. The molecule has 0 saturated carbocycles. The van der Waals surface area contributed by atoms with E-state index in [1.807, 2.05) is 13.8 Å². The molecule has 0 spiro atoms. The number of anilines is 1. The van der Waals surface area contributed by atoms with Crippen molar-refractivity contribution in [3.63, 3.8) is 0 Å². The summed E-state index contributed by atoms with van der Waals surface area (Å²) in [5.41, 5.74) is 0. The molecule has 10 heteroatoms. The summed E-state index contributed by atoms with van der Waals surface area (Å²) in [6, 6.07) is 5.29. The minimum Gasteiger partial charge on any atom is -0.299 e. The first kappa shape index (κ1) is 20.0. The SMILES string of the molecule is CCC(NS(=O)(=O)c1ccc(Br)cc1)C(=O)Nc1nnc(C(C)C)s1. The van der Waals surface area contributed by atoms with E-state index >= 15 is 0 Å². The average molecular weight is 447 g/mol. The van der Waals surface area contributed by atoms with Crippen LogP contribution in [0.5, 0.6) is 0 Å². The normalized spacial score (nSPS) is 13.0. The molecule has 1 aromatic carbocycles. The molecule has 0 fully saturated rings. The highest BCUT2D eigenvalue weighted by Crippen LogP contribution is 2.22. The van der Waals surface area contributed by atoms with Crippen LogP contribution < -0.4 is 10.0 Å². The Morgan fingerprint density at radius 3 is 2.40 bits per heavy atom. The van der Waals surface area contributed by atoms with E-state index in [9.17, 15) is 13.2 Å². The third-order valence-corrected chi connectivity index (χ3v) is 6.47. The van der Waals surface area contributed by atoms with Gasteiger partial charge in [0.2, 0.25) is 21.1 Å². The zero-order valence-corrected chi connectivity index (χ0v) is 17.2. The van der Waals surface area contributed by atoms with Gasteiger partial charge >= 0.3 is 0 Å². The minimum atomic E-state index is -3.80. The maximum Gasteiger partial charge on any atom is 0.244 e. The first-order chi connectivity index (χ1) is 11.7. The van der Waals surface area contributed by atoms with Crippen LogP contribution >= 0.6 is 27.3 Å². The highest BCUT2D eigenvalue weighted by molar-refractivity contribution is 9.10. The van der Waals surface area contributed by atoms with Crippen molar-refractivity contribution in [3.05, 3.63) is 33.7 Å². The van der Waals surface area contributed by atoms with Crippen LogP contribution in [0.2, 0.25) is 0 Å². The Labute approximate surface area is 159 Å². The topological polar surface area (TPSA) is 101 Å². The molecule has 25 heavy (non-hydrogen) atoms. The number of nitrogens with zero attached hydrogens (tertiary/aromatic N) is 2. The monoisotopic (exact) mass is 446 g/mol. The number of benzene rings is 1. The number of halogens is 1. The van der Waals surface area contributed by atoms with E-state index < -0.39 is 22.0 Å². The van der Waals surface area contributed by atoms with Crippen LogP contribution in [0, 0.1) is 0 Å². The van der Waals surface area contributed by atoms with E-state index in [0.717, 1.165) is 9.48 Å². The Balaban J connectivity index is 2.09. The Morgan fingerprint density at radius 2 is 1.88 bits per heavy atom. The fourth-order valence-electron chi connectivity index (χ4n) is 1.90. The van der Waals surface area contributed by atoms with Crippen molar-refractivity contribution in [3.8, 4) is 0 Å². The van der Waals surface area contributed by atoms with E-state index in [1.54, 1.807) is 19.1 Å². The Morgan fingerprint density at radius 1 is 1.24 bits per heavy atom. The number of amides is 1. The van der Waals surface area contributed by atoms with Gasteiger partial charge in [-0.25, -0.2) is 8.42 Å². The smallest absolute Gasteiger partial charge is 0.244 e. The third kappa shape index (κ3) is 5.30. The summed E-state index contributed by atoms with van der Waals surface area (Å²) in [5, 5.41) is 11.7. The van der Waals surface area contributed by atoms with Crippen LogP contribution in [-0.2, 0) is 14.8 Å². The van der Waals surface area contributed by atoms with Crippen molar-refractivity contribution in [2.45, 2.75) is 44.0 Å². The van der Waals surface area contributed by atoms with Gasteiger partial charge in [-0.2, -0.15) is 4.72 Å². The molecule has 0 saturated heterocycles. The summed E-state index contributed by atoms with van der Waals surface area (Å²) in [6.45, 7) is 5.69. The van der Waals surface area contributed by atoms with Crippen LogP contribution in [0.15, 0.2) is 33.6 Å². The van der Waals surface area contributed by atoms with Crippen molar-refractivity contribution >= 4 is 48.3 Å². The quantitative estimate of drug-likeness (QED) is 0.679. The number of sulfonamides is 1. The highest BCUT2D eigenvalue weighted by Gasteiger charge is 2.25. The Kier molecular flexibility index (Phi) is 6.66. The Bertz CT molecular complexity index is 835. The van der Waals surface area contributed by atoms with Crippen molar-refractivity contribution in [2.75, 3.05) is 5.32 Å². The number of hydrogen-bond acceptors (Lipinski definition) is 6. The largest absolute Gasteiger partial charge is 0.299 e. The molecule has 0 aliphatic rings. The molecule has 1 atom stereocenters. The molecule has 1 aromatic heterocycles. The minimum absolute atomic E-state index is 0.0972. The van der Waals surface area contributed by atoms with Gasteiger partial charge in [0.15, 0.2) is 0 Å². The molecule has 1 heterocycles. The summed E-state index contributed by atoms with van der Waals surface area (Å²) in [6.07, 6.45) is 0.303. The summed E-state index contributed by atoms with van der Waals surface area (Å²) in [5.74, 6) is -0.254. The number of nitrogens with one attached hydrogen (secondary N) is 2. The Hall–Kier alpha value is -1.36. The second kappa shape index (κ2) is 8.35. The van der Waals surface area contributed by atoms with Crippen LogP contribution in [0.4, 0.5) is 5.13 Å². The van der Waals surface area contributed by atoms with Crippen LogP contribution in [0.3, 0.4) is 0 Å². The van der Waals surface area contributed by atoms with Crippen LogP contribution in [0.25, 0.3) is 0 Å². The van der Waals surface area contributed by atoms with Gasteiger partial charge in [-0.3, -0.25) is 10.1 Å². The zero-order chi connectivity index (χ0) is 18.6. The van der Waals surface area contributed by atoms with Gasteiger partial charge in [0.25, 0.3) is 0 Å². The van der Waals surface area contributed by atoms with E-state index in [4.69, 9.17) is 0 Å². The molecule has 1 amide bonds. The number of carbonyl (C=O) groups is 1. The lowest BCUT2D eigenvalue weighted by Gasteiger charge is -2.16. The van der Waals surface area contributed by atoms with Crippen LogP contribution in [0.1, 0.15) is 38.1 Å². The molecule has 0 aliphatic carbocycles. The second-order valence-electron chi connectivity index (χ2n) is 5.63. The molecule has 0 radical (unpaired) electrons. The number of hydrogen-bond donors (Lipinski definition) is 2. The second-order valence-corrected chi connectivity index (χ2v) is 9.26. The fourth-order valence-corrected chi connectivity index (χ4v) is 4.19. The van der Waals surface area contributed by atoms with Crippen molar-refractivity contribution in [1.82, 2.24) is 14.9 Å². The number of carbonyl (C=O) groups excluding carboxylic acids is 1. The van der Waals surface area contributed by atoms with Crippen LogP contribution in [-0.4, -0.2) is 30.6 Å². The van der Waals surface area contributed by atoms with Crippen molar-refractivity contribution < 1.29 is 13.2 Å². The van der Waals surface area contributed by atoms with Crippen molar-refractivity contribution in [2.24, 2.45) is 0 Å². The predicted molar refractivity (Wildman–Crippen MR) is 101 cm³/mol. The van der Waals surface area contributed by atoms with Gasteiger partial charge in [0.1, 0.15) is 11.0 Å². The molecular formula is C15H19BrN4O3S2. The van der Waals surface area contributed by atoms with E-state index in [1.165, 1.54) is 23.5 Å². The maximum absolute atomic E-state index is 12.4. The third-order valence-electron chi connectivity index (χ3n) is 3.31. The molecule has 136 valence electrons. The van der Waals surface area contributed by atoms with E-state index in [-0.39, 0.29) is 10.8 Å². The molecule has 0 aliphatic heterocycles. The lowest BCUT2D eigenvalue weighted by molar-refractivity contribution is -0.117. The maximum atomic E-state index is 12.4. The fraction of sp³-hybridized carbons (Fsp3) is 0.400. The summed E-state index contributed by atoms with van der Waals surface area (Å²) in [7, 11) is -3.80. The van der Waals surface area contributed by atoms with Gasteiger partial charge in [-0.1, -0.05) is 48.0 Å². The first-order valence-electron chi connectivity index (χ1n) is 7.65. The van der Waals surface area contributed by atoms with Gasteiger partial charge < -0.3 is 0 Å². The van der Waals surface area contributed by atoms with Crippen molar-refractivity contribution in [1.29, 1.82) is 0 Å². The molecule has 7 nitrogen and oxygen atoms in total. The molecule has 2 rings (SSSR count). The van der Waals surface area contributed by atoms with Gasteiger partial charge in [0, 0.05) is 10.4 Å². The summed E-state index contributed by atoms with van der Waals surface area (Å²) >= 11 is 4.53. The van der Waals surface area contributed by atoms with Gasteiger partial charge in [0.05, 0.1) is 4.90 Å². The summed E-state index contributed by atoms with van der Waals surface area (Å²) < 4.78 is 28.1. The highest BCUT2D eigenvalue weighted by atomic mass is 79.9. The molecule has 0 bridgehead atoms. The lowest BCUT2D eigenvalue weighted by atomic mass is 10.2. The number of aromatic nitrogens is 2. The van der Waals surface area contributed by atoms with Gasteiger partial charge in [-0.05, 0) is 30.7 Å². The van der Waals surface area contributed by atoms with E-state index in [2.05, 4.69) is 36.2 Å². The molecular weight excluding hydrogens is 428 g/mol. The summed E-state index contributed by atoms with van der Waals surface area (Å²) in [4.78, 5) is 12.5. The predicted octanol–water partition coefficient (Wildman–Crippen LogP) is 3.12. The molecule has 2 aromatic rings.